The molecular formula is C9H20O2. The largest absolute Gasteiger partial charge is 0.373 e. The summed E-state index contributed by atoms with van der Waals surface area (Å²) in [6.45, 7) is 9.23. The van der Waals surface area contributed by atoms with Crippen LogP contribution in [0.1, 0.15) is 40.5 Å². The molecule has 2 nitrogen and oxygen atoms in total. The number of hydrogen-bond donors (Lipinski definition) is 0. The molecule has 1 rings (SSSR count). The van der Waals surface area contributed by atoms with Crippen molar-refractivity contribution >= 4 is 5.78 Å². The van der Waals surface area contributed by atoms with Crippen LogP contribution in [0.4, 0.5) is 0 Å². The Balaban J connectivity index is 0. The number of hydrogen-bond acceptors (Lipinski definition) is 2. The summed E-state index contributed by atoms with van der Waals surface area (Å²) >= 11 is 0. The molecule has 1 fully saturated rings. The lowest BCUT2D eigenvalue weighted by Gasteiger charge is -1.75. The van der Waals surface area contributed by atoms with Gasteiger partial charge in [-0.1, -0.05) is 34.1 Å². The Bertz CT molecular complexity index is 71.6. The highest BCUT2D eigenvalue weighted by Crippen LogP contribution is 1.94. The second-order valence-corrected chi connectivity index (χ2v) is 2.05. The SMILES string of the molecule is CC.CCC.O=C1CCOC1. The monoisotopic (exact) mass is 160 g/mol. The third-order valence-corrected chi connectivity index (χ3v) is 0.788. The van der Waals surface area contributed by atoms with E-state index in [4.69, 9.17) is 4.74 Å². The van der Waals surface area contributed by atoms with Crippen LogP contribution in [-0.2, 0) is 9.53 Å². The summed E-state index contributed by atoms with van der Waals surface area (Å²) in [7, 11) is 0. The predicted octanol–water partition coefficient (Wildman–Crippen LogP) is 2.42. The van der Waals surface area contributed by atoms with Crippen molar-refractivity contribution in [2.75, 3.05) is 13.2 Å². The number of carbonyl (C=O) groups excluding carboxylic acids is 1. The lowest BCUT2D eigenvalue weighted by Crippen LogP contribution is -1.91. The zero-order valence-corrected chi connectivity index (χ0v) is 8.14. The van der Waals surface area contributed by atoms with Crippen LogP contribution < -0.4 is 0 Å². The molecule has 68 valence electrons. The fourth-order valence-electron chi connectivity index (χ4n) is 0.444. The van der Waals surface area contributed by atoms with E-state index in [1.54, 1.807) is 0 Å². The van der Waals surface area contributed by atoms with Gasteiger partial charge in [-0.05, 0) is 0 Å². The number of Topliss-reactive ketones (excluding diaryl/α,β-unsaturated/α-hetero) is 1. The summed E-state index contributed by atoms with van der Waals surface area (Å²) in [5.41, 5.74) is 0. The van der Waals surface area contributed by atoms with Crippen molar-refractivity contribution < 1.29 is 9.53 Å². The highest BCUT2D eigenvalue weighted by Gasteiger charge is 2.07. The van der Waals surface area contributed by atoms with Crippen molar-refractivity contribution in [3.63, 3.8) is 0 Å². The van der Waals surface area contributed by atoms with Gasteiger partial charge in [0.2, 0.25) is 0 Å². The van der Waals surface area contributed by atoms with E-state index < -0.39 is 0 Å². The molecular weight excluding hydrogens is 140 g/mol. The van der Waals surface area contributed by atoms with Gasteiger partial charge in [-0.2, -0.15) is 0 Å². The summed E-state index contributed by atoms with van der Waals surface area (Å²) in [5, 5.41) is 0. The minimum absolute atomic E-state index is 0.231. The summed E-state index contributed by atoms with van der Waals surface area (Å²) in [6.07, 6.45) is 1.88. The molecule has 0 radical (unpaired) electrons. The molecule has 2 heteroatoms. The predicted molar refractivity (Wildman–Crippen MR) is 47.8 cm³/mol. The Kier molecular flexibility index (Phi) is 14.8. The first-order valence-electron chi connectivity index (χ1n) is 4.40. The van der Waals surface area contributed by atoms with Gasteiger partial charge >= 0.3 is 0 Å². The van der Waals surface area contributed by atoms with Gasteiger partial charge in [-0.15, -0.1) is 0 Å². The van der Waals surface area contributed by atoms with E-state index in [9.17, 15) is 4.79 Å². The van der Waals surface area contributed by atoms with Gasteiger partial charge in [0.1, 0.15) is 6.61 Å². The standard InChI is InChI=1S/C4H6O2.C3H8.C2H6/c5-4-1-2-6-3-4;1-3-2;1-2/h1-3H2;3H2,1-2H3;1-2H3. The Morgan fingerprint density at radius 1 is 1.36 bits per heavy atom. The summed E-state index contributed by atoms with van der Waals surface area (Å²) in [4.78, 5) is 10.1. The van der Waals surface area contributed by atoms with Crippen LogP contribution in [0.3, 0.4) is 0 Å². The maximum Gasteiger partial charge on any atom is 0.160 e. The van der Waals surface area contributed by atoms with Crippen molar-refractivity contribution in [3.8, 4) is 0 Å². The molecule has 0 atom stereocenters. The topological polar surface area (TPSA) is 26.3 Å². The normalized spacial score (nSPS) is 14.4. The van der Waals surface area contributed by atoms with Crippen molar-refractivity contribution in [1.82, 2.24) is 0 Å². The molecule has 11 heavy (non-hydrogen) atoms. The number of carbonyl (C=O) groups is 1. The quantitative estimate of drug-likeness (QED) is 0.544. The van der Waals surface area contributed by atoms with E-state index in [2.05, 4.69) is 13.8 Å². The summed E-state index contributed by atoms with van der Waals surface area (Å²) < 4.78 is 4.71. The average molecular weight is 160 g/mol. The Labute approximate surface area is 69.9 Å². The van der Waals surface area contributed by atoms with Crippen LogP contribution >= 0.6 is 0 Å². The number of ketones is 1. The molecule has 1 aliphatic rings. The summed E-state index contributed by atoms with van der Waals surface area (Å²) in [6, 6.07) is 0. The molecule has 0 spiro atoms. The Hall–Kier alpha value is -0.370. The first-order valence-corrected chi connectivity index (χ1v) is 4.40. The van der Waals surface area contributed by atoms with Crippen LogP contribution in [0.15, 0.2) is 0 Å². The minimum atomic E-state index is 0.231. The lowest BCUT2D eigenvalue weighted by molar-refractivity contribution is -0.117. The van der Waals surface area contributed by atoms with Gasteiger partial charge in [0.05, 0.1) is 6.61 Å². The molecule has 1 heterocycles. The van der Waals surface area contributed by atoms with Crippen LogP contribution in [0, 0.1) is 0 Å². The second-order valence-electron chi connectivity index (χ2n) is 2.05. The number of ether oxygens (including phenoxy) is 1. The molecule has 0 aliphatic carbocycles. The maximum absolute atomic E-state index is 10.1. The highest BCUT2D eigenvalue weighted by molar-refractivity contribution is 5.81. The second kappa shape index (κ2) is 12.3. The molecule has 0 amide bonds. The van der Waals surface area contributed by atoms with E-state index in [0.29, 0.717) is 19.6 Å². The van der Waals surface area contributed by atoms with E-state index in [0.717, 1.165) is 0 Å². The van der Waals surface area contributed by atoms with E-state index in [-0.39, 0.29) is 5.78 Å². The van der Waals surface area contributed by atoms with Gasteiger partial charge in [0, 0.05) is 6.42 Å². The molecule has 0 unspecified atom stereocenters. The van der Waals surface area contributed by atoms with Crippen LogP contribution in [0.2, 0.25) is 0 Å². The molecule has 0 N–H and O–H groups in total. The maximum atomic E-state index is 10.1. The lowest BCUT2D eigenvalue weighted by atomic mass is 10.4. The molecule has 0 aromatic heterocycles. The Morgan fingerprint density at radius 2 is 1.82 bits per heavy atom. The molecule has 0 saturated carbocycles. The van der Waals surface area contributed by atoms with Gasteiger partial charge in [0.15, 0.2) is 5.78 Å². The molecule has 0 aromatic rings. The van der Waals surface area contributed by atoms with Crippen LogP contribution in [0.5, 0.6) is 0 Å². The molecule has 1 aliphatic heterocycles. The summed E-state index contributed by atoms with van der Waals surface area (Å²) in [5.74, 6) is 0.231. The number of rotatable bonds is 0. The van der Waals surface area contributed by atoms with Crippen LogP contribution in [-0.4, -0.2) is 19.0 Å². The third-order valence-electron chi connectivity index (χ3n) is 0.788. The Morgan fingerprint density at radius 3 is 1.91 bits per heavy atom. The first kappa shape index (κ1) is 13.2. The first-order chi connectivity index (χ1) is 5.31. The molecule has 0 aromatic carbocycles. The average Bonchev–Trinajstić information content (AvgIpc) is 2.46. The minimum Gasteiger partial charge on any atom is -0.373 e. The van der Waals surface area contributed by atoms with E-state index >= 15 is 0 Å². The van der Waals surface area contributed by atoms with E-state index in [1.807, 2.05) is 13.8 Å². The van der Waals surface area contributed by atoms with Crippen molar-refractivity contribution in [2.24, 2.45) is 0 Å². The van der Waals surface area contributed by atoms with Gasteiger partial charge in [-0.25, -0.2) is 0 Å². The smallest absolute Gasteiger partial charge is 0.160 e. The van der Waals surface area contributed by atoms with E-state index in [1.165, 1.54) is 6.42 Å². The zero-order valence-electron chi connectivity index (χ0n) is 8.14. The third kappa shape index (κ3) is 12.8. The molecule has 0 bridgehead atoms. The van der Waals surface area contributed by atoms with Crippen molar-refractivity contribution in [2.45, 2.75) is 40.5 Å². The van der Waals surface area contributed by atoms with Crippen molar-refractivity contribution in [3.05, 3.63) is 0 Å². The molecule has 1 saturated heterocycles. The fourth-order valence-corrected chi connectivity index (χ4v) is 0.444. The van der Waals surface area contributed by atoms with Gasteiger partial charge in [-0.3, -0.25) is 4.79 Å². The zero-order chi connectivity index (χ0) is 9.11. The highest BCUT2D eigenvalue weighted by atomic mass is 16.5. The van der Waals surface area contributed by atoms with Gasteiger partial charge in [0.25, 0.3) is 0 Å². The van der Waals surface area contributed by atoms with Crippen molar-refractivity contribution in [1.29, 1.82) is 0 Å². The van der Waals surface area contributed by atoms with Crippen LogP contribution in [0.25, 0.3) is 0 Å². The fraction of sp³-hybridized carbons (Fsp3) is 0.889. The van der Waals surface area contributed by atoms with Gasteiger partial charge < -0.3 is 4.74 Å².